The van der Waals surface area contributed by atoms with Crippen LogP contribution in [0.4, 0.5) is 5.69 Å². The maximum atomic E-state index is 12.8. The van der Waals surface area contributed by atoms with Crippen LogP contribution in [0.5, 0.6) is 5.75 Å². The number of carbonyl (C=O) groups is 1. The van der Waals surface area contributed by atoms with Crippen molar-refractivity contribution in [2.45, 2.75) is 20.4 Å². The zero-order valence-electron chi connectivity index (χ0n) is 18.9. The van der Waals surface area contributed by atoms with E-state index in [1.807, 2.05) is 30.3 Å². The smallest absolute Gasteiger partial charge is 0.270 e. The Labute approximate surface area is 196 Å². The predicted octanol–water partition coefficient (Wildman–Crippen LogP) is 0.301. The van der Waals surface area contributed by atoms with E-state index in [0.717, 1.165) is 55.6 Å². The summed E-state index contributed by atoms with van der Waals surface area (Å²) >= 11 is 1.12. The Balaban J connectivity index is 1.76. The van der Waals surface area contributed by atoms with Crippen LogP contribution in [0.3, 0.4) is 0 Å². The van der Waals surface area contributed by atoms with Crippen molar-refractivity contribution in [2.24, 2.45) is 0 Å². The summed E-state index contributed by atoms with van der Waals surface area (Å²) in [5.74, 6) is 0.251. The van der Waals surface area contributed by atoms with Gasteiger partial charge in [-0.2, -0.15) is 5.26 Å². The summed E-state index contributed by atoms with van der Waals surface area (Å²) in [6.45, 7) is 9.11. The number of benzene rings is 1. The van der Waals surface area contributed by atoms with Crippen molar-refractivity contribution in [1.29, 1.82) is 5.26 Å². The molecule has 1 saturated heterocycles. The van der Waals surface area contributed by atoms with Crippen molar-refractivity contribution in [3.8, 4) is 11.8 Å². The van der Waals surface area contributed by atoms with Crippen molar-refractivity contribution >= 4 is 34.7 Å². The highest BCUT2D eigenvalue weighted by Crippen LogP contribution is 2.17. The number of morpholine rings is 1. The van der Waals surface area contributed by atoms with Crippen LogP contribution in [0, 0.1) is 11.3 Å². The second-order valence-corrected chi connectivity index (χ2v) is 8.32. The molecule has 176 valence electrons. The number of hydrogen-bond donors (Lipinski definition) is 2. The molecule has 2 aromatic rings. The Kier molecular flexibility index (Phi) is 9.06. The first-order valence-corrected chi connectivity index (χ1v) is 11.8. The van der Waals surface area contributed by atoms with E-state index in [-0.39, 0.29) is 11.1 Å². The van der Waals surface area contributed by atoms with E-state index in [9.17, 15) is 14.9 Å². The van der Waals surface area contributed by atoms with E-state index in [1.165, 1.54) is 4.57 Å². The van der Waals surface area contributed by atoms with Gasteiger partial charge in [0, 0.05) is 50.7 Å². The minimum atomic E-state index is -0.482. The lowest BCUT2D eigenvalue weighted by atomic mass is 10.3. The summed E-state index contributed by atoms with van der Waals surface area (Å²) in [7, 11) is 0. The summed E-state index contributed by atoms with van der Waals surface area (Å²) in [5.41, 5.74) is 0.459. The quantitative estimate of drug-likeness (QED) is 0.542. The predicted molar refractivity (Wildman–Crippen MR) is 128 cm³/mol. The van der Waals surface area contributed by atoms with Crippen molar-refractivity contribution in [3.63, 3.8) is 0 Å². The van der Waals surface area contributed by atoms with E-state index in [1.54, 1.807) is 20.0 Å². The molecule has 2 heterocycles. The van der Waals surface area contributed by atoms with Gasteiger partial charge >= 0.3 is 0 Å². The number of nitriles is 1. The largest absolute Gasteiger partial charge is 0.492 e. The molecule has 1 amide bonds. The zero-order valence-corrected chi connectivity index (χ0v) is 19.7. The van der Waals surface area contributed by atoms with Crippen LogP contribution in [-0.4, -0.2) is 61.4 Å². The number of ether oxygens (including phenoxy) is 2. The number of rotatable bonds is 9. The number of thiazole rings is 1. The van der Waals surface area contributed by atoms with E-state index in [2.05, 4.69) is 15.5 Å². The van der Waals surface area contributed by atoms with E-state index < -0.39 is 5.91 Å². The third-order valence-electron chi connectivity index (χ3n) is 5.10. The topological polar surface area (TPSA) is 109 Å². The molecule has 0 spiro atoms. The molecule has 9 nitrogen and oxygen atoms in total. The fourth-order valence-electron chi connectivity index (χ4n) is 3.38. The lowest BCUT2D eigenvalue weighted by Gasteiger charge is -2.26. The molecule has 0 bridgehead atoms. The van der Waals surface area contributed by atoms with Gasteiger partial charge in [0.15, 0.2) is 5.57 Å². The van der Waals surface area contributed by atoms with Gasteiger partial charge in [0.25, 0.3) is 11.5 Å². The molecule has 0 atom stereocenters. The number of hydrogen-bond acceptors (Lipinski definition) is 8. The van der Waals surface area contributed by atoms with E-state index in [4.69, 9.17) is 9.47 Å². The van der Waals surface area contributed by atoms with Crippen LogP contribution in [0.25, 0.3) is 11.8 Å². The molecule has 0 aliphatic carbocycles. The molecule has 0 saturated carbocycles. The SMILES string of the molecule is CCNC(=O)C(C#N)=c1sc(=CNc2cccc(OCCN3CCOCC3)c2)c(=O)n1CC. The van der Waals surface area contributed by atoms with Gasteiger partial charge in [-0.25, -0.2) is 0 Å². The Morgan fingerprint density at radius 3 is 2.82 bits per heavy atom. The Morgan fingerprint density at radius 2 is 2.12 bits per heavy atom. The Bertz CT molecular complexity index is 1170. The highest BCUT2D eigenvalue weighted by Gasteiger charge is 2.14. The van der Waals surface area contributed by atoms with Gasteiger partial charge in [-0.05, 0) is 26.0 Å². The molecule has 1 aliphatic heterocycles. The fraction of sp³-hybridized carbons (Fsp3) is 0.435. The molecule has 1 aromatic carbocycles. The fourth-order valence-corrected chi connectivity index (χ4v) is 4.47. The third kappa shape index (κ3) is 6.44. The van der Waals surface area contributed by atoms with Crippen LogP contribution < -0.4 is 30.1 Å². The standard InChI is InChI=1S/C23H29N5O4S/c1-3-25-21(29)19(15-24)23-28(4-2)22(30)20(33-23)16-26-17-6-5-7-18(14-17)32-13-10-27-8-11-31-12-9-27/h5-7,14,16,26H,3-4,8-13H2,1-2H3,(H,25,29). The van der Waals surface area contributed by atoms with Gasteiger partial charge in [-0.3, -0.25) is 19.1 Å². The first-order valence-electron chi connectivity index (χ1n) is 11.0. The summed E-state index contributed by atoms with van der Waals surface area (Å²) in [5, 5.41) is 15.2. The Morgan fingerprint density at radius 1 is 1.33 bits per heavy atom. The van der Waals surface area contributed by atoms with E-state index in [0.29, 0.717) is 28.9 Å². The van der Waals surface area contributed by atoms with Crippen LogP contribution in [0.1, 0.15) is 13.8 Å². The summed E-state index contributed by atoms with van der Waals surface area (Å²) in [4.78, 5) is 27.4. The molecule has 1 aliphatic rings. The van der Waals surface area contributed by atoms with Gasteiger partial charge in [-0.1, -0.05) is 6.07 Å². The highest BCUT2D eigenvalue weighted by molar-refractivity contribution is 7.07. The summed E-state index contributed by atoms with van der Waals surface area (Å²) < 4.78 is 13.4. The first-order chi connectivity index (χ1) is 16.1. The van der Waals surface area contributed by atoms with Gasteiger partial charge < -0.3 is 20.1 Å². The van der Waals surface area contributed by atoms with Gasteiger partial charge in [0.05, 0.1) is 13.2 Å². The molecule has 33 heavy (non-hydrogen) atoms. The maximum Gasteiger partial charge on any atom is 0.270 e. The van der Waals surface area contributed by atoms with Crippen molar-refractivity contribution in [1.82, 2.24) is 14.8 Å². The molecule has 3 rings (SSSR count). The summed E-state index contributed by atoms with van der Waals surface area (Å²) in [6.07, 6.45) is 1.60. The molecule has 0 radical (unpaired) electrons. The second-order valence-electron chi connectivity index (χ2n) is 7.29. The number of amides is 1. The lowest BCUT2D eigenvalue weighted by Crippen LogP contribution is -2.38. The molecule has 0 unspecified atom stereocenters. The van der Waals surface area contributed by atoms with Gasteiger partial charge in [0.2, 0.25) is 0 Å². The van der Waals surface area contributed by atoms with Crippen molar-refractivity contribution in [3.05, 3.63) is 43.8 Å². The number of nitrogens with zero attached hydrogens (tertiary/aromatic N) is 3. The van der Waals surface area contributed by atoms with Crippen molar-refractivity contribution in [2.75, 3.05) is 51.3 Å². The minimum absolute atomic E-state index is 0.0592. The van der Waals surface area contributed by atoms with Crippen molar-refractivity contribution < 1.29 is 14.3 Å². The van der Waals surface area contributed by atoms with Crippen LogP contribution in [0.15, 0.2) is 29.1 Å². The minimum Gasteiger partial charge on any atom is -0.492 e. The summed E-state index contributed by atoms with van der Waals surface area (Å²) in [6, 6.07) is 9.44. The van der Waals surface area contributed by atoms with Crippen LogP contribution >= 0.6 is 11.3 Å². The molecule has 2 N–H and O–H groups in total. The zero-order chi connectivity index (χ0) is 23.6. The molecule has 1 fully saturated rings. The molecule has 1 aromatic heterocycles. The van der Waals surface area contributed by atoms with Gasteiger partial charge in [-0.15, -0.1) is 11.3 Å². The molecule has 10 heteroatoms. The number of aromatic nitrogens is 1. The average molecular weight is 472 g/mol. The maximum absolute atomic E-state index is 12.8. The monoisotopic (exact) mass is 471 g/mol. The lowest BCUT2D eigenvalue weighted by molar-refractivity contribution is -0.115. The Hall–Kier alpha value is -3.13. The van der Waals surface area contributed by atoms with Crippen LogP contribution in [0.2, 0.25) is 0 Å². The van der Waals surface area contributed by atoms with Gasteiger partial charge in [0.1, 0.15) is 27.6 Å². The normalized spacial score (nSPS) is 15.6. The first kappa shape index (κ1) is 24.5. The second kappa shape index (κ2) is 12.2. The third-order valence-corrected chi connectivity index (χ3v) is 6.23. The molecular weight excluding hydrogens is 442 g/mol. The number of carbonyl (C=O) groups excluding carboxylic acids is 1. The number of nitrogens with one attached hydrogen (secondary N) is 2. The van der Waals surface area contributed by atoms with Crippen LogP contribution in [-0.2, 0) is 16.1 Å². The number of anilines is 1. The highest BCUT2D eigenvalue weighted by atomic mass is 32.1. The average Bonchev–Trinajstić information content (AvgIpc) is 3.14. The van der Waals surface area contributed by atoms with E-state index >= 15 is 0 Å². The molecular formula is C23H29N5O4S.